The van der Waals surface area contributed by atoms with Crippen molar-refractivity contribution in [3.8, 4) is 0 Å². The zero-order chi connectivity index (χ0) is 13.1. The van der Waals surface area contributed by atoms with Crippen LogP contribution in [-0.4, -0.2) is 55.1 Å². The third-order valence-corrected chi connectivity index (χ3v) is 4.34. The van der Waals surface area contributed by atoms with E-state index >= 15 is 0 Å². The normalized spacial score (nSPS) is 27.7. The quantitative estimate of drug-likeness (QED) is 0.896. The Labute approximate surface area is 115 Å². The molecule has 106 valence electrons. The molecule has 2 atom stereocenters. The van der Waals surface area contributed by atoms with E-state index in [9.17, 15) is 0 Å². The Morgan fingerprint density at radius 1 is 1.37 bits per heavy atom. The summed E-state index contributed by atoms with van der Waals surface area (Å²) >= 11 is 0. The Kier molecular flexibility index (Phi) is 4.21. The molecule has 1 aromatic heterocycles. The second-order valence-corrected chi connectivity index (χ2v) is 5.89. The van der Waals surface area contributed by atoms with Gasteiger partial charge in [-0.25, -0.2) is 0 Å². The average molecular weight is 263 g/mol. The fraction of sp³-hybridized carbons (Fsp3) is 0.733. The molecule has 0 aliphatic carbocycles. The zero-order valence-corrected chi connectivity index (χ0v) is 11.8. The molecule has 0 aromatic carbocycles. The minimum absolute atomic E-state index is 0.414. The van der Waals surface area contributed by atoms with Crippen LogP contribution in [0.15, 0.2) is 22.8 Å². The topological polar surface area (TPSA) is 31.6 Å². The highest BCUT2D eigenvalue weighted by molar-refractivity contribution is 5.06. The minimum Gasteiger partial charge on any atom is -0.468 e. The maximum absolute atomic E-state index is 5.71. The first-order valence-electron chi connectivity index (χ1n) is 7.56. The van der Waals surface area contributed by atoms with Gasteiger partial charge in [-0.1, -0.05) is 0 Å². The summed E-state index contributed by atoms with van der Waals surface area (Å²) in [6.45, 7) is 9.18. The second-order valence-electron chi connectivity index (χ2n) is 5.89. The van der Waals surface area contributed by atoms with Gasteiger partial charge in [0.15, 0.2) is 0 Å². The van der Waals surface area contributed by atoms with Gasteiger partial charge in [-0.3, -0.25) is 4.90 Å². The Morgan fingerprint density at radius 3 is 2.89 bits per heavy atom. The van der Waals surface area contributed by atoms with Gasteiger partial charge >= 0.3 is 0 Å². The van der Waals surface area contributed by atoms with Crippen molar-refractivity contribution in [2.24, 2.45) is 0 Å². The van der Waals surface area contributed by atoms with Crippen molar-refractivity contribution >= 4 is 0 Å². The predicted octanol–water partition coefficient (Wildman–Crippen LogP) is 1.71. The summed E-state index contributed by atoms with van der Waals surface area (Å²) < 4.78 is 5.71. The first-order chi connectivity index (χ1) is 9.33. The van der Waals surface area contributed by atoms with Crippen LogP contribution in [0.2, 0.25) is 0 Å². The molecular formula is C15H25N3O. The summed E-state index contributed by atoms with van der Waals surface area (Å²) in [6, 6.07) is 5.13. The minimum atomic E-state index is 0.414. The highest BCUT2D eigenvalue weighted by atomic mass is 16.3. The van der Waals surface area contributed by atoms with Crippen molar-refractivity contribution in [1.29, 1.82) is 0 Å². The number of nitrogens with one attached hydrogen (secondary N) is 1. The number of hydrogen-bond donors (Lipinski definition) is 1. The van der Waals surface area contributed by atoms with Crippen LogP contribution in [0, 0.1) is 0 Å². The SMILES string of the molecule is CC1CN(C(CN2CCCC2)c2ccco2)CCN1. The van der Waals surface area contributed by atoms with Crippen LogP contribution in [0.4, 0.5) is 0 Å². The summed E-state index contributed by atoms with van der Waals surface area (Å²) in [6.07, 6.45) is 4.50. The lowest BCUT2D eigenvalue weighted by Crippen LogP contribution is -2.52. The van der Waals surface area contributed by atoms with Crippen LogP contribution >= 0.6 is 0 Å². The van der Waals surface area contributed by atoms with Crippen molar-refractivity contribution in [2.75, 3.05) is 39.3 Å². The lowest BCUT2D eigenvalue weighted by Gasteiger charge is -2.38. The number of likely N-dealkylation sites (tertiary alicyclic amines) is 1. The van der Waals surface area contributed by atoms with E-state index in [2.05, 4.69) is 28.1 Å². The Bertz CT molecular complexity index is 373. The first-order valence-corrected chi connectivity index (χ1v) is 7.56. The molecule has 2 saturated heterocycles. The van der Waals surface area contributed by atoms with Crippen molar-refractivity contribution in [2.45, 2.75) is 31.8 Å². The van der Waals surface area contributed by atoms with Crippen molar-refractivity contribution in [3.05, 3.63) is 24.2 Å². The summed E-state index contributed by atoms with van der Waals surface area (Å²) in [5.74, 6) is 1.13. The predicted molar refractivity (Wildman–Crippen MR) is 76.2 cm³/mol. The lowest BCUT2D eigenvalue weighted by molar-refractivity contribution is 0.103. The van der Waals surface area contributed by atoms with E-state index in [0.717, 1.165) is 31.9 Å². The molecule has 2 aliphatic heterocycles. The molecule has 0 spiro atoms. The van der Waals surface area contributed by atoms with E-state index in [-0.39, 0.29) is 0 Å². The maximum atomic E-state index is 5.71. The fourth-order valence-electron chi connectivity index (χ4n) is 3.32. The van der Waals surface area contributed by atoms with Crippen LogP contribution < -0.4 is 5.32 Å². The fourth-order valence-corrected chi connectivity index (χ4v) is 3.32. The van der Waals surface area contributed by atoms with Crippen LogP contribution in [-0.2, 0) is 0 Å². The third kappa shape index (κ3) is 3.19. The average Bonchev–Trinajstić information content (AvgIpc) is 3.09. The first kappa shape index (κ1) is 13.2. The molecule has 19 heavy (non-hydrogen) atoms. The van der Waals surface area contributed by atoms with Crippen LogP contribution in [0.25, 0.3) is 0 Å². The monoisotopic (exact) mass is 263 g/mol. The van der Waals surface area contributed by atoms with Crippen LogP contribution in [0.3, 0.4) is 0 Å². The Balaban J connectivity index is 1.71. The van der Waals surface area contributed by atoms with Gasteiger partial charge in [0.1, 0.15) is 5.76 Å². The largest absolute Gasteiger partial charge is 0.468 e. The molecule has 2 fully saturated rings. The third-order valence-electron chi connectivity index (χ3n) is 4.34. The second kappa shape index (κ2) is 6.07. The number of furan rings is 1. The summed E-state index contributed by atoms with van der Waals surface area (Å²) in [7, 11) is 0. The maximum Gasteiger partial charge on any atom is 0.122 e. The molecule has 0 amide bonds. The Hall–Kier alpha value is -0.840. The standard InChI is InChI=1S/C15H25N3O/c1-13-11-18(9-6-16-13)14(15-5-4-10-19-15)12-17-7-2-3-8-17/h4-5,10,13-14,16H,2-3,6-9,11-12H2,1H3. The molecule has 3 heterocycles. The van der Waals surface area contributed by atoms with E-state index in [0.29, 0.717) is 12.1 Å². The molecule has 0 saturated carbocycles. The summed E-state index contributed by atoms with van der Waals surface area (Å²) in [5, 5.41) is 3.52. The van der Waals surface area contributed by atoms with Gasteiger partial charge in [0.25, 0.3) is 0 Å². The molecular weight excluding hydrogens is 238 g/mol. The summed E-state index contributed by atoms with van der Waals surface area (Å²) in [4.78, 5) is 5.16. The van der Waals surface area contributed by atoms with Gasteiger partial charge in [-0.05, 0) is 45.0 Å². The van der Waals surface area contributed by atoms with Gasteiger partial charge in [-0.2, -0.15) is 0 Å². The van der Waals surface area contributed by atoms with E-state index in [4.69, 9.17) is 4.42 Å². The molecule has 3 rings (SSSR count). The zero-order valence-electron chi connectivity index (χ0n) is 11.8. The van der Waals surface area contributed by atoms with E-state index in [1.54, 1.807) is 6.26 Å². The molecule has 1 aromatic rings. The molecule has 4 heteroatoms. The highest BCUT2D eigenvalue weighted by Gasteiger charge is 2.29. The molecule has 2 unspecified atom stereocenters. The van der Waals surface area contributed by atoms with Gasteiger partial charge in [0, 0.05) is 32.2 Å². The molecule has 2 aliphatic rings. The molecule has 1 N–H and O–H groups in total. The van der Waals surface area contributed by atoms with Crippen molar-refractivity contribution in [3.63, 3.8) is 0 Å². The number of hydrogen-bond acceptors (Lipinski definition) is 4. The Morgan fingerprint density at radius 2 is 2.21 bits per heavy atom. The van der Waals surface area contributed by atoms with E-state index in [1.165, 1.54) is 25.9 Å². The smallest absolute Gasteiger partial charge is 0.122 e. The van der Waals surface area contributed by atoms with Crippen LogP contribution in [0.5, 0.6) is 0 Å². The number of nitrogens with zero attached hydrogens (tertiary/aromatic N) is 2. The van der Waals surface area contributed by atoms with Gasteiger partial charge < -0.3 is 14.6 Å². The summed E-state index contributed by atoms with van der Waals surface area (Å²) in [5.41, 5.74) is 0. The molecule has 0 bridgehead atoms. The van der Waals surface area contributed by atoms with E-state index < -0.39 is 0 Å². The van der Waals surface area contributed by atoms with Crippen molar-refractivity contribution in [1.82, 2.24) is 15.1 Å². The van der Waals surface area contributed by atoms with Gasteiger partial charge in [0.05, 0.1) is 12.3 Å². The highest BCUT2D eigenvalue weighted by Crippen LogP contribution is 2.25. The lowest BCUT2D eigenvalue weighted by atomic mass is 10.1. The molecule has 4 nitrogen and oxygen atoms in total. The van der Waals surface area contributed by atoms with Crippen LogP contribution in [0.1, 0.15) is 31.6 Å². The van der Waals surface area contributed by atoms with Gasteiger partial charge in [0.2, 0.25) is 0 Å². The van der Waals surface area contributed by atoms with Crippen molar-refractivity contribution < 1.29 is 4.42 Å². The molecule has 0 radical (unpaired) electrons. The van der Waals surface area contributed by atoms with Gasteiger partial charge in [-0.15, -0.1) is 0 Å². The number of rotatable bonds is 4. The van der Waals surface area contributed by atoms with E-state index in [1.807, 2.05) is 6.07 Å². The number of piperazine rings is 1.